The van der Waals surface area contributed by atoms with Crippen LogP contribution in [0.15, 0.2) is 12.1 Å². The van der Waals surface area contributed by atoms with Gasteiger partial charge in [0.2, 0.25) is 0 Å². The fraction of sp³-hybridized carbons (Fsp3) is 0.333. The number of nitrogens with one attached hydrogen (secondary N) is 1. The first kappa shape index (κ1) is 17.9. The second kappa shape index (κ2) is 7.46. The van der Waals surface area contributed by atoms with Crippen LogP contribution in [0.4, 0.5) is 0 Å². The number of aryl methyl sites for hydroxylation is 2. The van der Waals surface area contributed by atoms with E-state index >= 15 is 0 Å². The molecule has 0 aliphatic carbocycles. The second-order valence-electron chi connectivity index (χ2n) is 3.93. The van der Waals surface area contributed by atoms with Crippen LogP contribution >= 0.6 is 48.0 Å². The molecule has 0 bridgehead atoms. The molecule has 0 fully saturated rings. The van der Waals surface area contributed by atoms with Gasteiger partial charge in [-0.1, -0.05) is 23.2 Å². The van der Waals surface area contributed by atoms with E-state index in [1.807, 2.05) is 6.07 Å². The van der Waals surface area contributed by atoms with Crippen molar-refractivity contribution in [3.63, 3.8) is 0 Å². The van der Waals surface area contributed by atoms with E-state index < -0.39 is 0 Å². The van der Waals surface area contributed by atoms with Crippen LogP contribution in [-0.4, -0.2) is 11.5 Å². The van der Waals surface area contributed by atoms with E-state index in [0.717, 1.165) is 29.4 Å². The van der Waals surface area contributed by atoms with E-state index in [1.165, 1.54) is 5.56 Å². The number of halogens is 4. The van der Waals surface area contributed by atoms with Crippen molar-refractivity contribution in [2.24, 2.45) is 5.73 Å². The van der Waals surface area contributed by atoms with Gasteiger partial charge in [0.05, 0.1) is 10.5 Å². The molecule has 0 unspecified atom stereocenters. The minimum absolute atomic E-state index is 0. The lowest BCUT2D eigenvalue weighted by Gasteiger charge is -2.00. The summed E-state index contributed by atoms with van der Waals surface area (Å²) in [6.07, 6.45) is 1.93. The Kier molecular flexibility index (Phi) is 7.41. The smallest absolute Gasteiger partial charge is 0.0662 e. The topological polar surface area (TPSA) is 41.8 Å². The van der Waals surface area contributed by atoms with Crippen LogP contribution in [0.25, 0.3) is 10.9 Å². The number of benzene rings is 1. The van der Waals surface area contributed by atoms with Gasteiger partial charge in [-0.2, -0.15) is 0 Å². The van der Waals surface area contributed by atoms with E-state index in [4.69, 9.17) is 28.9 Å². The van der Waals surface area contributed by atoms with E-state index in [-0.39, 0.29) is 24.8 Å². The van der Waals surface area contributed by atoms with E-state index in [2.05, 4.69) is 11.9 Å². The second-order valence-corrected chi connectivity index (χ2v) is 4.77. The highest BCUT2D eigenvalue weighted by molar-refractivity contribution is 6.38. The molecule has 6 heteroatoms. The van der Waals surface area contributed by atoms with Gasteiger partial charge in [-0.15, -0.1) is 24.8 Å². The third-order valence-corrected chi connectivity index (χ3v) is 3.29. The summed E-state index contributed by atoms with van der Waals surface area (Å²) in [6.45, 7) is 2.75. The molecule has 0 saturated carbocycles. The number of aromatic nitrogens is 1. The SMILES string of the molecule is Cc1[nH]c2c(Cl)cc(Cl)cc2c1CCCN.Cl.Cl. The fourth-order valence-corrected chi connectivity index (χ4v) is 2.55. The number of hydrogen-bond acceptors (Lipinski definition) is 1. The number of hydrogen-bond donors (Lipinski definition) is 2. The van der Waals surface area contributed by atoms with Gasteiger partial charge in [0.25, 0.3) is 0 Å². The van der Waals surface area contributed by atoms with Crippen LogP contribution in [0.3, 0.4) is 0 Å². The van der Waals surface area contributed by atoms with E-state index in [0.29, 0.717) is 16.6 Å². The summed E-state index contributed by atoms with van der Waals surface area (Å²) >= 11 is 12.2. The van der Waals surface area contributed by atoms with Gasteiger partial charge < -0.3 is 10.7 Å². The molecule has 0 aliphatic rings. The third-order valence-electron chi connectivity index (χ3n) is 2.78. The largest absolute Gasteiger partial charge is 0.357 e. The highest BCUT2D eigenvalue weighted by Crippen LogP contribution is 2.31. The molecule has 2 aromatic rings. The third kappa shape index (κ3) is 3.46. The Morgan fingerprint density at radius 2 is 1.89 bits per heavy atom. The number of rotatable bonds is 3. The van der Waals surface area contributed by atoms with Crippen LogP contribution in [-0.2, 0) is 6.42 Å². The maximum absolute atomic E-state index is 6.14. The Labute approximate surface area is 129 Å². The van der Waals surface area contributed by atoms with Gasteiger partial charge in [-0.3, -0.25) is 0 Å². The Hall–Kier alpha value is -0.120. The zero-order valence-corrected chi connectivity index (χ0v) is 13.1. The Morgan fingerprint density at radius 3 is 2.50 bits per heavy atom. The van der Waals surface area contributed by atoms with Crippen molar-refractivity contribution in [1.82, 2.24) is 4.98 Å². The molecule has 2 nitrogen and oxygen atoms in total. The lowest BCUT2D eigenvalue weighted by atomic mass is 10.1. The molecule has 2 rings (SSSR count). The maximum atomic E-state index is 6.14. The molecule has 102 valence electrons. The van der Waals surface area contributed by atoms with E-state index in [9.17, 15) is 0 Å². The fourth-order valence-electron chi connectivity index (χ4n) is 2.00. The summed E-state index contributed by atoms with van der Waals surface area (Å²) < 4.78 is 0. The lowest BCUT2D eigenvalue weighted by Crippen LogP contribution is -2.00. The van der Waals surface area contributed by atoms with Gasteiger partial charge in [0.1, 0.15) is 0 Å². The van der Waals surface area contributed by atoms with Crippen LogP contribution < -0.4 is 5.73 Å². The van der Waals surface area contributed by atoms with E-state index in [1.54, 1.807) is 6.07 Å². The average molecular weight is 330 g/mol. The van der Waals surface area contributed by atoms with Crippen LogP contribution in [0.5, 0.6) is 0 Å². The quantitative estimate of drug-likeness (QED) is 0.854. The van der Waals surface area contributed by atoms with Crippen LogP contribution in [0.1, 0.15) is 17.7 Å². The number of fused-ring (bicyclic) bond motifs is 1. The summed E-state index contributed by atoms with van der Waals surface area (Å²) in [4.78, 5) is 3.30. The molecule has 0 radical (unpaired) electrons. The highest BCUT2D eigenvalue weighted by Gasteiger charge is 2.11. The molecule has 0 aliphatic heterocycles. The number of nitrogens with two attached hydrogens (primary N) is 1. The molecule has 0 atom stereocenters. The van der Waals surface area contributed by atoms with Gasteiger partial charge >= 0.3 is 0 Å². The summed E-state index contributed by atoms with van der Waals surface area (Å²) in [7, 11) is 0. The predicted octanol–water partition coefficient (Wildman–Crippen LogP) is 4.52. The van der Waals surface area contributed by atoms with Gasteiger partial charge in [0, 0.05) is 16.1 Å². The zero-order chi connectivity index (χ0) is 11.7. The minimum atomic E-state index is 0. The molecule has 1 aromatic carbocycles. The monoisotopic (exact) mass is 328 g/mol. The van der Waals surface area contributed by atoms with Crippen molar-refractivity contribution in [3.05, 3.63) is 33.4 Å². The Balaban J connectivity index is 0.00000144. The van der Waals surface area contributed by atoms with Crippen molar-refractivity contribution >= 4 is 58.9 Å². The summed E-state index contributed by atoms with van der Waals surface area (Å²) in [5.74, 6) is 0. The molecule has 0 amide bonds. The van der Waals surface area contributed by atoms with Crippen molar-refractivity contribution < 1.29 is 0 Å². The number of H-pyrrole nitrogens is 1. The standard InChI is InChI=1S/C12H14Cl2N2.2ClH/c1-7-9(3-2-4-15)10-5-8(13)6-11(14)12(10)16-7;;/h5-6,16H,2-4,15H2,1H3;2*1H. The molecule has 0 saturated heterocycles. The van der Waals surface area contributed by atoms with Crippen molar-refractivity contribution in [3.8, 4) is 0 Å². The van der Waals surface area contributed by atoms with Gasteiger partial charge in [-0.05, 0) is 44.0 Å². The average Bonchev–Trinajstić information content (AvgIpc) is 2.53. The Morgan fingerprint density at radius 1 is 1.22 bits per heavy atom. The summed E-state index contributed by atoms with van der Waals surface area (Å²) in [5, 5.41) is 2.46. The zero-order valence-electron chi connectivity index (χ0n) is 9.93. The van der Waals surface area contributed by atoms with Crippen LogP contribution in [0, 0.1) is 6.92 Å². The molecule has 3 N–H and O–H groups in total. The first-order chi connectivity index (χ1) is 7.63. The van der Waals surface area contributed by atoms with Crippen molar-refractivity contribution in [2.75, 3.05) is 6.54 Å². The minimum Gasteiger partial charge on any atom is -0.357 e. The molecule has 1 heterocycles. The first-order valence-corrected chi connectivity index (χ1v) is 6.05. The maximum Gasteiger partial charge on any atom is 0.0662 e. The van der Waals surface area contributed by atoms with Crippen molar-refractivity contribution in [2.45, 2.75) is 19.8 Å². The predicted molar refractivity (Wildman–Crippen MR) is 84.9 cm³/mol. The molecule has 18 heavy (non-hydrogen) atoms. The molecule has 1 aromatic heterocycles. The number of aromatic amines is 1. The first-order valence-electron chi connectivity index (χ1n) is 5.29. The van der Waals surface area contributed by atoms with Gasteiger partial charge in [-0.25, -0.2) is 0 Å². The lowest BCUT2D eigenvalue weighted by molar-refractivity contribution is 0.831. The molecule has 0 spiro atoms. The van der Waals surface area contributed by atoms with Crippen LogP contribution in [0.2, 0.25) is 10.0 Å². The highest BCUT2D eigenvalue weighted by atomic mass is 35.5. The molecular weight excluding hydrogens is 314 g/mol. The molecular formula is C12H16Cl4N2. The Bertz CT molecular complexity index is 522. The normalized spacial score (nSPS) is 10.0. The van der Waals surface area contributed by atoms with Crippen molar-refractivity contribution in [1.29, 1.82) is 0 Å². The van der Waals surface area contributed by atoms with Gasteiger partial charge in [0.15, 0.2) is 0 Å². The summed E-state index contributed by atoms with van der Waals surface area (Å²) in [5.41, 5.74) is 8.92. The summed E-state index contributed by atoms with van der Waals surface area (Å²) in [6, 6.07) is 3.71.